The first-order chi connectivity index (χ1) is 14.9. The SMILES string of the molecule is CCCC(=O)N1c2ccc(Cl)cc2-c2nnc(SC)nc2O[C@H]1c1cccc(F)c1F. The fraction of sp³-hybridized carbons (Fsp3) is 0.238. The van der Waals surface area contributed by atoms with Crippen LogP contribution in [0.3, 0.4) is 0 Å². The molecule has 2 heterocycles. The summed E-state index contributed by atoms with van der Waals surface area (Å²) in [6.07, 6.45) is 1.19. The molecule has 1 aliphatic rings. The number of thioether (sulfide) groups is 1. The Balaban J connectivity index is 2.02. The number of rotatable bonds is 4. The molecule has 0 saturated carbocycles. The fourth-order valence-corrected chi connectivity index (χ4v) is 3.81. The Morgan fingerprint density at radius 1 is 1.26 bits per heavy atom. The van der Waals surface area contributed by atoms with Crippen LogP contribution < -0.4 is 9.64 Å². The third-order valence-electron chi connectivity index (χ3n) is 4.73. The molecule has 1 amide bonds. The molecule has 0 N–H and O–H groups in total. The van der Waals surface area contributed by atoms with E-state index in [2.05, 4.69) is 15.2 Å². The second kappa shape index (κ2) is 8.76. The number of carbonyl (C=O) groups excluding carboxylic acids is 1. The maximum Gasteiger partial charge on any atom is 0.247 e. The molecule has 3 aromatic rings. The van der Waals surface area contributed by atoms with Crippen molar-refractivity contribution in [1.29, 1.82) is 0 Å². The quantitative estimate of drug-likeness (QED) is 0.482. The third-order valence-corrected chi connectivity index (χ3v) is 5.50. The zero-order valence-corrected chi connectivity index (χ0v) is 18.2. The first-order valence-corrected chi connectivity index (χ1v) is 11.1. The highest BCUT2D eigenvalue weighted by Crippen LogP contribution is 2.45. The van der Waals surface area contributed by atoms with Gasteiger partial charge >= 0.3 is 0 Å². The number of hydrogen-bond acceptors (Lipinski definition) is 6. The van der Waals surface area contributed by atoms with Crippen molar-refractivity contribution in [2.24, 2.45) is 0 Å². The molecule has 2 aromatic carbocycles. The average Bonchev–Trinajstić information content (AvgIpc) is 2.89. The van der Waals surface area contributed by atoms with E-state index in [1.54, 1.807) is 24.5 Å². The Bertz CT molecular complexity index is 1160. The van der Waals surface area contributed by atoms with Gasteiger partial charge in [0.25, 0.3) is 0 Å². The molecule has 0 aliphatic carbocycles. The number of anilines is 1. The van der Waals surface area contributed by atoms with E-state index in [1.807, 2.05) is 6.92 Å². The van der Waals surface area contributed by atoms with Crippen LogP contribution in [-0.4, -0.2) is 27.3 Å². The number of carbonyl (C=O) groups is 1. The van der Waals surface area contributed by atoms with Crippen LogP contribution in [0.1, 0.15) is 31.6 Å². The van der Waals surface area contributed by atoms with Gasteiger partial charge in [-0.1, -0.05) is 42.4 Å². The number of amides is 1. The van der Waals surface area contributed by atoms with Crippen molar-refractivity contribution >= 4 is 35.0 Å². The molecular formula is C21H17ClF2N4O2S. The molecule has 31 heavy (non-hydrogen) atoms. The first-order valence-electron chi connectivity index (χ1n) is 9.45. The Labute approximate surface area is 186 Å². The van der Waals surface area contributed by atoms with Crippen LogP contribution in [-0.2, 0) is 4.79 Å². The summed E-state index contributed by atoms with van der Waals surface area (Å²) in [5.41, 5.74) is 0.966. The molecule has 1 aromatic heterocycles. The van der Waals surface area contributed by atoms with E-state index in [0.29, 0.717) is 27.9 Å². The molecule has 160 valence electrons. The molecule has 0 bridgehead atoms. The van der Waals surface area contributed by atoms with Gasteiger partial charge in [0.05, 0.1) is 11.3 Å². The first kappa shape index (κ1) is 21.5. The summed E-state index contributed by atoms with van der Waals surface area (Å²) in [6, 6.07) is 8.58. The highest BCUT2D eigenvalue weighted by molar-refractivity contribution is 7.98. The average molecular weight is 463 g/mol. The molecule has 1 atom stereocenters. The molecule has 10 heteroatoms. The van der Waals surface area contributed by atoms with Crippen LogP contribution in [0.2, 0.25) is 5.02 Å². The van der Waals surface area contributed by atoms with Gasteiger partial charge in [0.2, 0.25) is 23.2 Å². The highest BCUT2D eigenvalue weighted by Gasteiger charge is 2.37. The lowest BCUT2D eigenvalue weighted by Gasteiger charge is -2.31. The van der Waals surface area contributed by atoms with E-state index in [4.69, 9.17) is 16.3 Å². The Kier molecular flexibility index (Phi) is 6.06. The van der Waals surface area contributed by atoms with Gasteiger partial charge in [0.1, 0.15) is 0 Å². The van der Waals surface area contributed by atoms with Crippen molar-refractivity contribution in [1.82, 2.24) is 15.2 Å². The van der Waals surface area contributed by atoms with E-state index >= 15 is 0 Å². The number of ether oxygens (including phenoxy) is 1. The van der Waals surface area contributed by atoms with Gasteiger partial charge in [-0.15, -0.1) is 10.2 Å². The molecule has 0 saturated heterocycles. The van der Waals surface area contributed by atoms with Gasteiger partial charge < -0.3 is 4.74 Å². The number of halogens is 3. The molecular weight excluding hydrogens is 446 g/mol. The van der Waals surface area contributed by atoms with Crippen molar-refractivity contribution in [3.05, 3.63) is 58.6 Å². The number of hydrogen-bond donors (Lipinski definition) is 0. The van der Waals surface area contributed by atoms with E-state index < -0.39 is 17.9 Å². The summed E-state index contributed by atoms with van der Waals surface area (Å²) in [5.74, 6) is -2.43. The number of aromatic nitrogens is 3. The smallest absolute Gasteiger partial charge is 0.247 e. The van der Waals surface area contributed by atoms with Gasteiger partial charge in [0.15, 0.2) is 17.3 Å². The molecule has 6 nitrogen and oxygen atoms in total. The maximum absolute atomic E-state index is 14.8. The molecule has 0 unspecified atom stereocenters. The van der Waals surface area contributed by atoms with Crippen LogP contribution in [0.25, 0.3) is 11.3 Å². The largest absolute Gasteiger partial charge is 0.447 e. The predicted molar refractivity (Wildman–Crippen MR) is 114 cm³/mol. The summed E-state index contributed by atoms with van der Waals surface area (Å²) in [6.45, 7) is 1.85. The third kappa shape index (κ3) is 3.95. The summed E-state index contributed by atoms with van der Waals surface area (Å²) in [4.78, 5) is 18.8. The summed E-state index contributed by atoms with van der Waals surface area (Å²) < 4.78 is 35.0. The van der Waals surface area contributed by atoms with Gasteiger partial charge in [-0.25, -0.2) is 8.78 Å². The lowest BCUT2D eigenvalue weighted by atomic mass is 10.1. The Morgan fingerprint density at radius 3 is 2.81 bits per heavy atom. The van der Waals surface area contributed by atoms with Crippen molar-refractivity contribution in [2.45, 2.75) is 31.1 Å². The topological polar surface area (TPSA) is 68.2 Å². The normalized spacial score (nSPS) is 15.0. The Hall–Kier alpha value is -2.78. The van der Waals surface area contributed by atoms with E-state index in [-0.39, 0.29) is 29.5 Å². The lowest BCUT2D eigenvalue weighted by molar-refractivity contribution is -0.120. The lowest BCUT2D eigenvalue weighted by Crippen LogP contribution is -2.38. The number of benzene rings is 2. The minimum Gasteiger partial charge on any atom is -0.447 e. The second-order valence-electron chi connectivity index (χ2n) is 6.74. The highest BCUT2D eigenvalue weighted by atomic mass is 35.5. The van der Waals surface area contributed by atoms with Gasteiger partial charge in [-0.3, -0.25) is 9.69 Å². The van der Waals surface area contributed by atoms with Crippen molar-refractivity contribution in [2.75, 3.05) is 11.2 Å². The van der Waals surface area contributed by atoms with Gasteiger partial charge in [0, 0.05) is 17.0 Å². The predicted octanol–water partition coefficient (Wildman–Crippen LogP) is 5.42. The molecule has 1 aliphatic heterocycles. The standard InChI is InChI=1S/C21H17ClF2N4O2S/c1-3-5-16(29)28-15-9-8-11(22)10-13(15)18-19(25-21(31-2)27-26-18)30-20(28)12-6-4-7-14(23)17(12)24/h4,6-10,20H,3,5H2,1-2H3/t20-/m0/s1. The minimum atomic E-state index is -1.30. The minimum absolute atomic E-state index is 0.0447. The molecule has 0 fully saturated rings. The Morgan fingerprint density at radius 2 is 2.06 bits per heavy atom. The fourth-order valence-electron chi connectivity index (χ4n) is 3.34. The molecule has 4 rings (SSSR count). The van der Waals surface area contributed by atoms with E-state index in [9.17, 15) is 13.6 Å². The zero-order valence-electron chi connectivity index (χ0n) is 16.6. The van der Waals surface area contributed by atoms with Crippen LogP contribution in [0.4, 0.5) is 14.5 Å². The zero-order chi connectivity index (χ0) is 22.1. The van der Waals surface area contributed by atoms with E-state index in [1.165, 1.54) is 28.8 Å². The number of fused-ring (bicyclic) bond motifs is 3. The molecule has 0 spiro atoms. The van der Waals surface area contributed by atoms with Crippen molar-refractivity contribution in [3.8, 4) is 17.1 Å². The van der Waals surface area contributed by atoms with Crippen LogP contribution in [0, 0.1) is 11.6 Å². The van der Waals surface area contributed by atoms with Crippen LogP contribution in [0.15, 0.2) is 41.6 Å². The van der Waals surface area contributed by atoms with Gasteiger partial charge in [-0.2, -0.15) is 4.98 Å². The molecule has 0 radical (unpaired) electrons. The summed E-state index contributed by atoms with van der Waals surface area (Å²) in [5, 5.41) is 9.00. The van der Waals surface area contributed by atoms with E-state index in [0.717, 1.165) is 6.07 Å². The van der Waals surface area contributed by atoms with Gasteiger partial charge in [-0.05, 0) is 36.9 Å². The monoisotopic (exact) mass is 462 g/mol. The summed E-state index contributed by atoms with van der Waals surface area (Å²) in [7, 11) is 0. The van der Waals surface area contributed by atoms with Crippen molar-refractivity contribution in [3.63, 3.8) is 0 Å². The van der Waals surface area contributed by atoms with Crippen LogP contribution in [0.5, 0.6) is 5.88 Å². The van der Waals surface area contributed by atoms with Crippen molar-refractivity contribution < 1.29 is 18.3 Å². The second-order valence-corrected chi connectivity index (χ2v) is 7.95. The summed E-state index contributed by atoms with van der Waals surface area (Å²) >= 11 is 7.46. The maximum atomic E-state index is 14.8. The van der Waals surface area contributed by atoms with Crippen LogP contribution >= 0.6 is 23.4 Å². The number of nitrogens with zero attached hydrogens (tertiary/aromatic N) is 4.